The van der Waals surface area contributed by atoms with Crippen LogP contribution in [0.5, 0.6) is 5.75 Å². The Hall–Kier alpha value is -3.88. The molecule has 1 fully saturated rings. The minimum Gasteiger partial charge on any atom is -0.494 e. The predicted molar refractivity (Wildman–Crippen MR) is 113 cm³/mol. The second kappa shape index (κ2) is 7.42. The van der Waals surface area contributed by atoms with Crippen molar-refractivity contribution in [3.8, 4) is 17.1 Å². The van der Waals surface area contributed by atoms with Crippen LogP contribution < -0.4 is 15.0 Å². The summed E-state index contributed by atoms with van der Waals surface area (Å²) in [5.74, 6) is 1.57. The molecule has 0 spiro atoms. The maximum absolute atomic E-state index is 12.9. The molecular weight excluding hydrogens is 396 g/mol. The fraction of sp³-hybridized carbons (Fsp3) is 0.273. The van der Waals surface area contributed by atoms with Crippen molar-refractivity contribution in [3.63, 3.8) is 0 Å². The molecule has 2 unspecified atom stereocenters. The number of hydrogen-bond acceptors (Lipinski definition) is 6. The summed E-state index contributed by atoms with van der Waals surface area (Å²) in [6.45, 7) is 2.99. The number of likely N-dealkylation sites (N-methyl/N-ethyl adjacent to an activating group) is 1. The third-order valence-electron chi connectivity index (χ3n) is 5.65. The quantitative estimate of drug-likeness (QED) is 0.684. The summed E-state index contributed by atoms with van der Waals surface area (Å²) in [4.78, 5) is 28.7. The number of imide groups is 1. The first kappa shape index (κ1) is 19.1. The van der Waals surface area contributed by atoms with Crippen molar-refractivity contribution in [3.05, 3.63) is 60.2 Å². The Morgan fingerprint density at radius 2 is 1.77 bits per heavy atom. The molecule has 2 atom stereocenters. The van der Waals surface area contributed by atoms with Crippen LogP contribution in [0.1, 0.15) is 18.7 Å². The van der Waals surface area contributed by atoms with Crippen molar-refractivity contribution < 1.29 is 14.3 Å². The zero-order chi connectivity index (χ0) is 21.5. The smallest absolute Gasteiger partial charge is 0.325 e. The standard InChI is InChI=1S/C22H22N6O3/c1-3-31-16-11-9-15(10-12-16)18-24-25-21-27(13-14-7-5-4-6-8-14)17-19(29)23-22(30)26(2)20(17)28(18)21/h4-12,17,20H,3,13H2,1-2H3,(H,23,29,30). The zero-order valence-electron chi connectivity index (χ0n) is 17.2. The van der Waals surface area contributed by atoms with E-state index in [0.717, 1.165) is 16.9 Å². The van der Waals surface area contributed by atoms with E-state index in [0.29, 0.717) is 24.9 Å². The number of fused-ring (bicyclic) bond motifs is 3. The summed E-state index contributed by atoms with van der Waals surface area (Å²) in [5.41, 5.74) is 1.86. The number of rotatable bonds is 5. The average molecular weight is 418 g/mol. The second-order valence-electron chi connectivity index (χ2n) is 7.53. The monoisotopic (exact) mass is 418 g/mol. The lowest BCUT2D eigenvalue weighted by molar-refractivity contribution is -0.124. The van der Waals surface area contributed by atoms with Gasteiger partial charge < -0.3 is 14.5 Å². The predicted octanol–water partition coefficient (Wildman–Crippen LogP) is 2.41. The Bertz CT molecular complexity index is 1130. The zero-order valence-corrected chi connectivity index (χ0v) is 17.2. The highest BCUT2D eigenvalue weighted by molar-refractivity contribution is 6.02. The maximum Gasteiger partial charge on any atom is 0.325 e. The van der Waals surface area contributed by atoms with E-state index in [1.807, 2.05) is 71.0 Å². The molecule has 3 amide bonds. The van der Waals surface area contributed by atoms with E-state index < -0.39 is 18.2 Å². The van der Waals surface area contributed by atoms with Gasteiger partial charge in [-0.15, -0.1) is 10.2 Å². The van der Waals surface area contributed by atoms with Gasteiger partial charge in [-0.25, -0.2) is 4.79 Å². The van der Waals surface area contributed by atoms with Gasteiger partial charge in [-0.2, -0.15) is 0 Å². The summed E-state index contributed by atoms with van der Waals surface area (Å²) in [6.07, 6.45) is -0.545. The molecule has 0 aliphatic carbocycles. The molecule has 31 heavy (non-hydrogen) atoms. The molecule has 2 aromatic carbocycles. The van der Waals surface area contributed by atoms with Gasteiger partial charge in [-0.05, 0) is 36.8 Å². The van der Waals surface area contributed by atoms with Crippen LogP contribution in [0.25, 0.3) is 11.4 Å². The number of benzene rings is 2. The van der Waals surface area contributed by atoms with Crippen LogP contribution in [0, 0.1) is 0 Å². The van der Waals surface area contributed by atoms with Crippen molar-refractivity contribution in [1.82, 2.24) is 25.0 Å². The maximum atomic E-state index is 12.9. The summed E-state index contributed by atoms with van der Waals surface area (Å²) in [7, 11) is 1.68. The highest BCUT2D eigenvalue weighted by atomic mass is 16.5. The fourth-order valence-electron chi connectivity index (χ4n) is 4.21. The number of urea groups is 1. The Balaban J connectivity index is 1.60. The van der Waals surface area contributed by atoms with Gasteiger partial charge in [0, 0.05) is 19.2 Å². The van der Waals surface area contributed by atoms with Gasteiger partial charge >= 0.3 is 6.03 Å². The average Bonchev–Trinajstić information content (AvgIpc) is 3.33. The molecule has 1 saturated heterocycles. The second-order valence-corrected chi connectivity index (χ2v) is 7.53. The van der Waals surface area contributed by atoms with Crippen LogP contribution in [-0.2, 0) is 11.3 Å². The Labute approximate surface area is 179 Å². The number of nitrogens with zero attached hydrogens (tertiary/aromatic N) is 5. The van der Waals surface area contributed by atoms with E-state index in [1.165, 1.54) is 4.90 Å². The summed E-state index contributed by atoms with van der Waals surface area (Å²) < 4.78 is 7.40. The van der Waals surface area contributed by atoms with E-state index in [-0.39, 0.29) is 5.91 Å². The van der Waals surface area contributed by atoms with Crippen molar-refractivity contribution in [2.75, 3.05) is 18.6 Å². The summed E-state index contributed by atoms with van der Waals surface area (Å²) in [6, 6.07) is 16.4. The van der Waals surface area contributed by atoms with Gasteiger partial charge in [-0.1, -0.05) is 30.3 Å². The molecule has 3 aromatic rings. The Kier molecular flexibility index (Phi) is 4.58. The van der Waals surface area contributed by atoms with Crippen LogP contribution in [0.15, 0.2) is 54.6 Å². The topological polar surface area (TPSA) is 92.6 Å². The molecule has 158 valence electrons. The molecule has 1 N–H and O–H groups in total. The van der Waals surface area contributed by atoms with Crippen LogP contribution in [-0.4, -0.2) is 51.3 Å². The lowest BCUT2D eigenvalue weighted by Crippen LogP contribution is -2.61. The highest BCUT2D eigenvalue weighted by Crippen LogP contribution is 2.41. The van der Waals surface area contributed by atoms with Crippen LogP contribution in [0.4, 0.5) is 10.7 Å². The minimum atomic E-state index is -0.602. The SMILES string of the molecule is CCOc1ccc(-c2nnc3n2C2C(C(=O)NC(=O)N2C)N3Cc2ccccc2)cc1. The largest absolute Gasteiger partial charge is 0.494 e. The molecule has 0 radical (unpaired) electrons. The number of nitrogens with one attached hydrogen (secondary N) is 1. The first-order chi connectivity index (χ1) is 15.1. The lowest BCUT2D eigenvalue weighted by atomic mass is 10.1. The number of carbonyl (C=O) groups excluding carboxylic acids is 2. The van der Waals surface area contributed by atoms with Crippen LogP contribution >= 0.6 is 0 Å². The van der Waals surface area contributed by atoms with Crippen LogP contribution in [0.3, 0.4) is 0 Å². The third kappa shape index (κ3) is 3.09. The molecule has 2 aliphatic heterocycles. The molecule has 5 rings (SSSR count). The van der Waals surface area contributed by atoms with Gasteiger partial charge in [-0.3, -0.25) is 14.7 Å². The lowest BCUT2D eigenvalue weighted by Gasteiger charge is -2.37. The number of anilines is 1. The van der Waals surface area contributed by atoms with Gasteiger partial charge in [0.25, 0.3) is 5.91 Å². The number of amides is 3. The van der Waals surface area contributed by atoms with Gasteiger partial charge in [0.05, 0.1) is 6.61 Å². The molecule has 9 nitrogen and oxygen atoms in total. The normalized spacial score (nSPS) is 19.8. The van der Waals surface area contributed by atoms with E-state index >= 15 is 0 Å². The number of aromatic nitrogens is 3. The molecule has 3 heterocycles. The van der Waals surface area contributed by atoms with Crippen molar-refractivity contribution >= 4 is 17.9 Å². The van der Waals surface area contributed by atoms with E-state index in [9.17, 15) is 9.59 Å². The number of ether oxygens (including phenoxy) is 1. The highest BCUT2D eigenvalue weighted by Gasteiger charge is 2.52. The van der Waals surface area contributed by atoms with E-state index in [2.05, 4.69) is 15.5 Å². The van der Waals surface area contributed by atoms with Gasteiger partial charge in [0.1, 0.15) is 11.9 Å². The van der Waals surface area contributed by atoms with Crippen molar-refractivity contribution in [1.29, 1.82) is 0 Å². The first-order valence-corrected chi connectivity index (χ1v) is 10.1. The summed E-state index contributed by atoms with van der Waals surface area (Å²) >= 11 is 0. The minimum absolute atomic E-state index is 0.341. The van der Waals surface area contributed by atoms with E-state index in [4.69, 9.17) is 4.74 Å². The van der Waals surface area contributed by atoms with Crippen molar-refractivity contribution in [2.24, 2.45) is 0 Å². The Morgan fingerprint density at radius 3 is 2.48 bits per heavy atom. The van der Waals surface area contributed by atoms with Gasteiger partial charge in [0.2, 0.25) is 5.95 Å². The molecule has 0 bridgehead atoms. The Morgan fingerprint density at radius 1 is 1.03 bits per heavy atom. The molecule has 1 aromatic heterocycles. The first-order valence-electron chi connectivity index (χ1n) is 10.1. The number of carbonyl (C=O) groups is 2. The number of hydrogen-bond donors (Lipinski definition) is 1. The van der Waals surface area contributed by atoms with Crippen molar-refractivity contribution in [2.45, 2.75) is 25.7 Å². The van der Waals surface area contributed by atoms with E-state index in [1.54, 1.807) is 7.05 Å². The fourth-order valence-corrected chi connectivity index (χ4v) is 4.21. The summed E-state index contributed by atoms with van der Waals surface area (Å²) in [5, 5.41) is 11.3. The van der Waals surface area contributed by atoms with Gasteiger partial charge in [0.15, 0.2) is 11.9 Å². The molecule has 2 aliphatic rings. The molecule has 0 saturated carbocycles. The molecule has 9 heteroatoms. The van der Waals surface area contributed by atoms with Crippen LogP contribution in [0.2, 0.25) is 0 Å². The molecular formula is C22H22N6O3. The third-order valence-corrected chi connectivity index (χ3v) is 5.65.